The van der Waals surface area contributed by atoms with Crippen molar-refractivity contribution in [2.45, 2.75) is 40.2 Å². The topological polar surface area (TPSA) is 46.5 Å². The van der Waals surface area contributed by atoms with E-state index >= 15 is 0 Å². The van der Waals surface area contributed by atoms with Crippen LogP contribution < -0.4 is 0 Å². The van der Waals surface area contributed by atoms with Gasteiger partial charge in [0.1, 0.15) is 0 Å². The summed E-state index contributed by atoms with van der Waals surface area (Å²) in [5, 5.41) is 9.71. The highest BCUT2D eigenvalue weighted by Gasteiger charge is 2.49. The van der Waals surface area contributed by atoms with Crippen molar-refractivity contribution in [2.75, 3.05) is 6.61 Å². The van der Waals surface area contributed by atoms with Crippen molar-refractivity contribution < 1.29 is 14.6 Å². The summed E-state index contributed by atoms with van der Waals surface area (Å²) >= 11 is 0. The number of aliphatic hydroxyl groups excluding tert-OH is 1. The van der Waals surface area contributed by atoms with E-state index in [0.29, 0.717) is 13.0 Å². The molecule has 0 aromatic carbocycles. The molecule has 14 heavy (non-hydrogen) atoms. The molecular weight excluding hydrogens is 180 g/mol. The fourth-order valence-corrected chi connectivity index (χ4v) is 2.21. The summed E-state index contributed by atoms with van der Waals surface area (Å²) in [5.74, 6) is -0.176. The standard InChI is InChI=1S/C11H20O3/c1-5-14-10(13)8-6-9(12)7(2)11(8,3)4/h7-9,12H,5-6H2,1-4H3/t7-,8+,9+/m0/s1. The van der Waals surface area contributed by atoms with Crippen LogP contribution in [0.5, 0.6) is 0 Å². The summed E-state index contributed by atoms with van der Waals surface area (Å²) in [5.41, 5.74) is -0.161. The Morgan fingerprint density at radius 2 is 2.14 bits per heavy atom. The lowest BCUT2D eigenvalue weighted by molar-refractivity contribution is -0.151. The predicted octanol–water partition coefficient (Wildman–Crippen LogP) is 1.59. The Kier molecular flexibility index (Phi) is 3.20. The largest absolute Gasteiger partial charge is 0.466 e. The van der Waals surface area contributed by atoms with Crippen LogP contribution in [0.1, 0.15) is 34.1 Å². The zero-order valence-corrected chi connectivity index (χ0v) is 9.41. The first-order chi connectivity index (χ1) is 6.41. The van der Waals surface area contributed by atoms with E-state index in [2.05, 4.69) is 0 Å². The molecule has 1 aliphatic carbocycles. The second-order valence-corrected chi connectivity index (χ2v) is 4.72. The SMILES string of the molecule is CCOC(=O)[C@H]1C[C@@H](O)[C@H](C)C1(C)C. The van der Waals surface area contributed by atoms with Crippen LogP contribution in [0.4, 0.5) is 0 Å². The molecule has 0 bridgehead atoms. The molecule has 0 amide bonds. The highest BCUT2D eigenvalue weighted by atomic mass is 16.5. The molecule has 82 valence electrons. The van der Waals surface area contributed by atoms with Gasteiger partial charge in [0.15, 0.2) is 0 Å². The third-order valence-electron chi connectivity index (χ3n) is 3.70. The molecule has 1 rings (SSSR count). The molecule has 3 nitrogen and oxygen atoms in total. The van der Waals surface area contributed by atoms with E-state index in [1.165, 1.54) is 0 Å². The van der Waals surface area contributed by atoms with E-state index in [4.69, 9.17) is 4.74 Å². The Hall–Kier alpha value is -0.570. The number of carbonyl (C=O) groups is 1. The number of aliphatic hydroxyl groups is 1. The minimum atomic E-state index is -0.376. The van der Waals surface area contributed by atoms with Gasteiger partial charge in [0.25, 0.3) is 0 Å². The number of rotatable bonds is 2. The minimum absolute atomic E-state index is 0.150. The van der Waals surface area contributed by atoms with E-state index < -0.39 is 0 Å². The van der Waals surface area contributed by atoms with Crippen LogP contribution in [-0.2, 0) is 9.53 Å². The molecule has 3 heteroatoms. The Bertz CT molecular complexity index is 223. The molecule has 0 spiro atoms. The van der Waals surface area contributed by atoms with Crippen molar-refractivity contribution in [3.63, 3.8) is 0 Å². The van der Waals surface area contributed by atoms with Crippen molar-refractivity contribution in [3.8, 4) is 0 Å². The maximum Gasteiger partial charge on any atom is 0.309 e. The summed E-state index contributed by atoms with van der Waals surface area (Å²) in [7, 11) is 0. The Balaban J connectivity index is 2.76. The number of carbonyl (C=O) groups excluding carboxylic acids is 1. The van der Waals surface area contributed by atoms with Crippen molar-refractivity contribution in [3.05, 3.63) is 0 Å². The average molecular weight is 200 g/mol. The molecule has 0 aliphatic heterocycles. The molecule has 3 atom stereocenters. The van der Waals surface area contributed by atoms with Crippen LogP contribution in [0.2, 0.25) is 0 Å². The highest BCUT2D eigenvalue weighted by molar-refractivity contribution is 5.74. The van der Waals surface area contributed by atoms with Crippen molar-refractivity contribution >= 4 is 5.97 Å². The zero-order chi connectivity index (χ0) is 10.9. The van der Waals surface area contributed by atoms with E-state index in [9.17, 15) is 9.90 Å². The highest BCUT2D eigenvalue weighted by Crippen LogP contribution is 2.47. The summed E-state index contributed by atoms with van der Waals surface area (Å²) in [6.07, 6.45) is 0.159. The van der Waals surface area contributed by atoms with Gasteiger partial charge >= 0.3 is 5.97 Å². The second kappa shape index (κ2) is 3.89. The van der Waals surface area contributed by atoms with Crippen LogP contribution in [0.15, 0.2) is 0 Å². The van der Waals surface area contributed by atoms with E-state index in [0.717, 1.165) is 0 Å². The molecule has 0 aromatic rings. The molecule has 1 fully saturated rings. The van der Waals surface area contributed by atoms with Gasteiger partial charge in [0, 0.05) is 0 Å². The molecule has 0 heterocycles. The average Bonchev–Trinajstić information content (AvgIpc) is 2.30. The number of esters is 1. The maximum absolute atomic E-state index is 11.6. The lowest BCUT2D eigenvalue weighted by atomic mass is 9.76. The Morgan fingerprint density at radius 1 is 1.57 bits per heavy atom. The number of ether oxygens (including phenoxy) is 1. The first-order valence-corrected chi connectivity index (χ1v) is 5.26. The van der Waals surface area contributed by atoms with Crippen LogP contribution in [0.25, 0.3) is 0 Å². The van der Waals surface area contributed by atoms with E-state index in [1.807, 2.05) is 20.8 Å². The summed E-state index contributed by atoms with van der Waals surface area (Å²) < 4.78 is 5.01. The Morgan fingerprint density at radius 3 is 2.50 bits per heavy atom. The molecule has 1 aliphatic rings. The van der Waals surface area contributed by atoms with Gasteiger partial charge in [-0.1, -0.05) is 20.8 Å². The normalized spacial score (nSPS) is 35.6. The number of hydrogen-bond acceptors (Lipinski definition) is 3. The quantitative estimate of drug-likeness (QED) is 0.689. The third kappa shape index (κ3) is 1.78. The third-order valence-corrected chi connectivity index (χ3v) is 3.70. The van der Waals surface area contributed by atoms with Gasteiger partial charge in [-0.25, -0.2) is 0 Å². The van der Waals surface area contributed by atoms with Gasteiger partial charge in [0.05, 0.1) is 18.6 Å². The predicted molar refractivity (Wildman–Crippen MR) is 53.7 cm³/mol. The lowest BCUT2D eigenvalue weighted by Gasteiger charge is -2.29. The maximum atomic E-state index is 11.6. The van der Waals surface area contributed by atoms with Crippen molar-refractivity contribution in [1.82, 2.24) is 0 Å². The monoisotopic (exact) mass is 200 g/mol. The minimum Gasteiger partial charge on any atom is -0.466 e. The molecule has 0 unspecified atom stereocenters. The Labute approximate surface area is 85.5 Å². The van der Waals surface area contributed by atoms with Gasteiger partial charge in [0.2, 0.25) is 0 Å². The van der Waals surface area contributed by atoms with E-state index in [-0.39, 0.29) is 29.3 Å². The van der Waals surface area contributed by atoms with Gasteiger partial charge < -0.3 is 9.84 Å². The van der Waals surface area contributed by atoms with Gasteiger partial charge in [-0.15, -0.1) is 0 Å². The summed E-state index contributed by atoms with van der Waals surface area (Å²) in [6, 6.07) is 0. The van der Waals surface area contributed by atoms with Gasteiger partial charge in [-0.05, 0) is 24.7 Å². The molecular formula is C11H20O3. The molecule has 1 saturated carbocycles. The van der Waals surface area contributed by atoms with E-state index in [1.54, 1.807) is 6.92 Å². The van der Waals surface area contributed by atoms with Crippen LogP contribution >= 0.6 is 0 Å². The first-order valence-electron chi connectivity index (χ1n) is 5.26. The van der Waals surface area contributed by atoms with Crippen LogP contribution in [0, 0.1) is 17.3 Å². The van der Waals surface area contributed by atoms with Gasteiger partial charge in [-0.2, -0.15) is 0 Å². The first kappa shape index (κ1) is 11.5. The molecule has 0 saturated heterocycles. The van der Waals surface area contributed by atoms with Crippen LogP contribution in [0.3, 0.4) is 0 Å². The molecule has 0 radical (unpaired) electrons. The smallest absolute Gasteiger partial charge is 0.309 e. The summed E-state index contributed by atoms with van der Waals surface area (Å²) in [4.78, 5) is 11.6. The zero-order valence-electron chi connectivity index (χ0n) is 9.41. The summed E-state index contributed by atoms with van der Waals surface area (Å²) in [6.45, 7) is 8.25. The molecule has 1 N–H and O–H groups in total. The fraction of sp³-hybridized carbons (Fsp3) is 0.909. The van der Waals surface area contributed by atoms with Gasteiger partial charge in [-0.3, -0.25) is 4.79 Å². The fourth-order valence-electron chi connectivity index (χ4n) is 2.21. The van der Waals surface area contributed by atoms with Crippen molar-refractivity contribution in [2.24, 2.45) is 17.3 Å². The lowest BCUT2D eigenvalue weighted by Crippen LogP contribution is -2.31. The van der Waals surface area contributed by atoms with Crippen LogP contribution in [-0.4, -0.2) is 23.8 Å². The molecule has 0 aromatic heterocycles. The second-order valence-electron chi connectivity index (χ2n) is 4.72. The number of hydrogen-bond donors (Lipinski definition) is 1. The van der Waals surface area contributed by atoms with Crippen molar-refractivity contribution in [1.29, 1.82) is 0 Å².